The second-order valence-electron chi connectivity index (χ2n) is 7.27. The Morgan fingerprint density at radius 1 is 1.32 bits per heavy atom. The summed E-state index contributed by atoms with van der Waals surface area (Å²) in [5.74, 6) is 1.26. The highest BCUT2D eigenvalue weighted by atomic mass is 16.5. The van der Waals surface area contributed by atoms with Crippen molar-refractivity contribution in [1.82, 2.24) is 16.0 Å². The molecular weight excluding hydrogens is 320 g/mol. The number of amides is 1. The molecule has 0 aromatic heterocycles. The molecule has 2 saturated heterocycles. The van der Waals surface area contributed by atoms with Gasteiger partial charge in [-0.1, -0.05) is 13.8 Å². The maximum atomic E-state index is 11.7. The Morgan fingerprint density at radius 2 is 2.12 bits per heavy atom. The van der Waals surface area contributed by atoms with Gasteiger partial charge in [0.05, 0.1) is 37.4 Å². The fraction of sp³-hybridized carbons (Fsp3) is 0.889. The van der Waals surface area contributed by atoms with Crippen LogP contribution < -0.4 is 16.0 Å². The third kappa shape index (κ3) is 6.38. The number of carbonyl (C=O) groups excluding carboxylic acids is 1. The molecule has 144 valence electrons. The van der Waals surface area contributed by atoms with Crippen LogP contribution in [0.1, 0.15) is 53.4 Å². The molecule has 2 rings (SSSR count). The van der Waals surface area contributed by atoms with Crippen molar-refractivity contribution in [3.63, 3.8) is 0 Å². The summed E-state index contributed by atoms with van der Waals surface area (Å²) in [6, 6.07) is 0.295. The van der Waals surface area contributed by atoms with Crippen LogP contribution in [0.4, 0.5) is 4.79 Å². The van der Waals surface area contributed by atoms with Crippen LogP contribution in [0.3, 0.4) is 0 Å². The first-order valence-electron chi connectivity index (χ1n) is 9.65. The van der Waals surface area contributed by atoms with Crippen LogP contribution in [0, 0.1) is 5.92 Å². The van der Waals surface area contributed by atoms with E-state index in [1.165, 1.54) is 6.42 Å². The van der Waals surface area contributed by atoms with E-state index in [4.69, 9.17) is 14.5 Å². The van der Waals surface area contributed by atoms with E-state index >= 15 is 0 Å². The standard InChI is InChI=1S/C18H34N4O3/c1-5-19-17(22-15-10-14-7-8-16(15)25-14)20-11-13(9-12(3)4)21-18(23)24-6-2/h12-16H,5-11H2,1-4H3,(H,21,23)(H2,19,20,22). The highest BCUT2D eigenvalue weighted by Crippen LogP contribution is 2.34. The first-order valence-corrected chi connectivity index (χ1v) is 9.65. The molecule has 4 unspecified atom stereocenters. The number of hydrogen-bond donors (Lipinski definition) is 3. The zero-order valence-electron chi connectivity index (χ0n) is 16.0. The number of ether oxygens (including phenoxy) is 2. The van der Waals surface area contributed by atoms with Gasteiger partial charge in [0, 0.05) is 6.54 Å². The highest BCUT2D eigenvalue weighted by molar-refractivity contribution is 5.80. The quantitative estimate of drug-likeness (QED) is 0.459. The summed E-state index contributed by atoms with van der Waals surface area (Å²) in [4.78, 5) is 16.4. The Balaban J connectivity index is 1.91. The summed E-state index contributed by atoms with van der Waals surface area (Å²) in [6.07, 6.45) is 4.55. The molecule has 2 bridgehead atoms. The molecule has 1 amide bonds. The lowest BCUT2D eigenvalue weighted by atomic mass is 9.96. The van der Waals surface area contributed by atoms with Crippen LogP contribution in [0.25, 0.3) is 0 Å². The molecule has 0 aromatic carbocycles. The van der Waals surface area contributed by atoms with Crippen LogP contribution in [0.2, 0.25) is 0 Å². The first kappa shape index (κ1) is 19.8. The fourth-order valence-corrected chi connectivity index (χ4v) is 3.57. The van der Waals surface area contributed by atoms with E-state index in [0.29, 0.717) is 37.3 Å². The Morgan fingerprint density at radius 3 is 2.68 bits per heavy atom. The SMILES string of the molecule is CCNC(=NCC(CC(C)C)NC(=O)OCC)NC1CC2CCC1O2. The van der Waals surface area contributed by atoms with Crippen molar-refractivity contribution in [3.8, 4) is 0 Å². The van der Waals surface area contributed by atoms with Crippen LogP contribution in [-0.4, -0.2) is 56.0 Å². The number of hydrogen-bond acceptors (Lipinski definition) is 4. The van der Waals surface area contributed by atoms with Crippen molar-refractivity contribution < 1.29 is 14.3 Å². The maximum Gasteiger partial charge on any atom is 0.407 e. The zero-order chi connectivity index (χ0) is 18.2. The van der Waals surface area contributed by atoms with E-state index in [1.54, 1.807) is 6.92 Å². The van der Waals surface area contributed by atoms with Gasteiger partial charge < -0.3 is 25.4 Å². The Labute approximate surface area is 151 Å². The van der Waals surface area contributed by atoms with Crippen molar-refractivity contribution in [2.24, 2.45) is 10.9 Å². The van der Waals surface area contributed by atoms with Crippen LogP contribution >= 0.6 is 0 Å². The minimum absolute atomic E-state index is 0.0363. The number of guanidine groups is 1. The summed E-state index contributed by atoms with van der Waals surface area (Å²) in [6.45, 7) is 9.83. The summed E-state index contributed by atoms with van der Waals surface area (Å²) in [5.41, 5.74) is 0. The number of nitrogens with zero attached hydrogens (tertiary/aromatic N) is 1. The van der Waals surface area contributed by atoms with Gasteiger partial charge in [0.2, 0.25) is 0 Å². The van der Waals surface area contributed by atoms with Crippen molar-refractivity contribution in [2.45, 2.75) is 77.7 Å². The van der Waals surface area contributed by atoms with Gasteiger partial charge in [0.1, 0.15) is 0 Å². The number of rotatable bonds is 8. The minimum atomic E-state index is -0.372. The Hall–Kier alpha value is -1.50. The molecule has 0 saturated carbocycles. The number of nitrogens with one attached hydrogen (secondary N) is 3. The van der Waals surface area contributed by atoms with Crippen LogP contribution in [0.15, 0.2) is 4.99 Å². The van der Waals surface area contributed by atoms with E-state index in [-0.39, 0.29) is 12.1 Å². The van der Waals surface area contributed by atoms with E-state index in [9.17, 15) is 4.79 Å². The minimum Gasteiger partial charge on any atom is -0.450 e. The topological polar surface area (TPSA) is 84.0 Å². The smallest absolute Gasteiger partial charge is 0.407 e. The van der Waals surface area contributed by atoms with Crippen LogP contribution in [-0.2, 0) is 9.47 Å². The van der Waals surface area contributed by atoms with E-state index < -0.39 is 0 Å². The molecule has 7 nitrogen and oxygen atoms in total. The Bertz CT molecular complexity index is 456. The molecule has 2 fully saturated rings. The van der Waals surface area contributed by atoms with Gasteiger partial charge in [-0.25, -0.2) is 4.79 Å². The fourth-order valence-electron chi connectivity index (χ4n) is 3.57. The van der Waals surface area contributed by atoms with E-state index in [0.717, 1.165) is 31.8 Å². The largest absolute Gasteiger partial charge is 0.450 e. The third-order valence-electron chi connectivity index (χ3n) is 4.60. The number of alkyl carbamates (subject to hydrolysis) is 1. The van der Waals surface area contributed by atoms with E-state index in [2.05, 4.69) is 36.7 Å². The average molecular weight is 354 g/mol. The molecule has 0 radical (unpaired) electrons. The number of fused-ring (bicyclic) bond motifs is 2. The second kappa shape index (κ2) is 9.85. The molecule has 0 aliphatic carbocycles. The number of aliphatic imine (C=N–C) groups is 1. The molecule has 4 atom stereocenters. The van der Waals surface area contributed by atoms with Crippen molar-refractivity contribution in [2.75, 3.05) is 19.7 Å². The molecule has 0 spiro atoms. The van der Waals surface area contributed by atoms with Gasteiger partial charge in [0.15, 0.2) is 5.96 Å². The summed E-state index contributed by atoms with van der Waals surface area (Å²) < 4.78 is 10.9. The van der Waals surface area contributed by atoms with Gasteiger partial charge in [-0.15, -0.1) is 0 Å². The normalized spacial score (nSPS) is 26.6. The summed E-state index contributed by atoms with van der Waals surface area (Å²) in [7, 11) is 0. The lowest BCUT2D eigenvalue weighted by Crippen LogP contribution is -2.48. The van der Waals surface area contributed by atoms with Crippen molar-refractivity contribution in [1.29, 1.82) is 0 Å². The molecule has 2 aliphatic heterocycles. The molecular formula is C18H34N4O3. The maximum absolute atomic E-state index is 11.7. The molecule has 25 heavy (non-hydrogen) atoms. The van der Waals surface area contributed by atoms with Crippen molar-refractivity contribution in [3.05, 3.63) is 0 Å². The van der Waals surface area contributed by atoms with Gasteiger partial charge in [-0.05, 0) is 45.4 Å². The molecule has 3 N–H and O–H groups in total. The molecule has 2 aliphatic rings. The lowest BCUT2D eigenvalue weighted by molar-refractivity contribution is 0.0992. The first-order chi connectivity index (χ1) is 12.0. The van der Waals surface area contributed by atoms with Gasteiger partial charge in [0.25, 0.3) is 0 Å². The Kier molecular flexibility index (Phi) is 7.81. The molecule has 0 aromatic rings. The highest BCUT2D eigenvalue weighted by Gasteiger charge is 2.41. The molecule has 7 heteroatoms. The van der Waals surface area contributed by atoms with Gasteiger partial charge >= 0.3 is 6.09 Å². The predicted molar refractivity (Wildman–Crippen MR) is 98.8 cm³/mol. The average Bonchev–Trinajstić information content (AvgIpc) is 3.15. The second-order valence-corrected chi connectivity index (χ2v) is 7.27. The lowest BCUT2D eigenvalue weighted by Gasteiger charge is -2.24. The summed E-state index contributed by atoms with van der Waals surface area (Å²) >= 11 is 0. The monoisotopic (exact) mass is 354 g/mol. The summed E-state index contributed by atoms with van der Waals surface area (Å²) in [5, 5.41) is 9.72. The van der Waals surface area contributed by atoms with Gasteiger partial charge in [-0.2, -0.15) is 0 Å². The van der Waals surface area contributed by atoms with Crippen molar-refractivity contribution >= 4 is 12.1 Å². The molecule has 2 heterocycles. The number of carbonyl (C=O) groups is 1. The van der Waals surface area contributed by atoms with Crippen LogP contribution in [0.5, 0.6) is 0 Å². The zero-order valence-corrected chi connectivity index (χ0v) is 16.0. The van der Waals surface area contributed by atoms with Gasteiger partial charge in [-0.3, -0.25) is 4.99 Å². The van der Waals surface area contributed by atoms with E-state index in [1.807, 2.05) is 0 Å². The third-order valence-corrected chi connectivity index (χ3v) is 4.60. The predicted octanol–water partition coefficient (Wildman–Crippen LogP) is 2.02.